The van der Waals surface area contributed by atoms with E-state index in [4.69, 9.17) is 23.5 Å². The van der Waals surface area contributed by atoms with Gasteiger partial charge in [-0.15, -0.1) is 0 Å². The molecule has 0 aromatic rings. The lowest BCUT2D eigenvalue weighted by atomic mass is 9.99. The molecule has 1 fully saturated rings. The predicted octanol–water partition coefficient (Wildman–Crippen LogP) is 9.96. The van der Waals surface area contributed by atoms with Crippen LogP contribution in [0.5, 0.6) is 0 Å². The number of rotatable bonds is 37. The van der Waals surface area contributed by atoms with E-state index in [2.05, 4.69) is 140 Å². The van der Waals surface area contributed by atoms with Crippen molar-refractivity contribution in [2.75, 3.05) is 26.4 Å². The van der Waals surface area contributed by atoms with Gasteiger partial charge in [0.25, 0.3) is 0 Å². The maximum atomic E-state index is 12.8. The largest absolute Gasteiger partial charge is 0.457 e. The number of carbonyl (C=O) groups is 1. The maximum absolute atomic E-state index is 12.8. The summed E-state index contributed by atoms with van der Waals surface area (Å²) in [6.45, 7) is 3.52. The van der Waals surface area contributed by atoms with E-state index >= 15 is 0 Å². The molecule has 1 rings (SSSR count). The first kappa shape index (κ1) is 58.3. The summed E-state index contributed by atoms with van der Waals surface area (Å²) < 4.78 is 58.9. The number of ether oxygens (including phenoxy) is 4. The van der Waals surface area contributed by atoms with Crippen molar-refractivity contribution in [3.05, 3.63) is 134 Å². The van der Waals surface area contributed by atoms with Crippen LogP contribution in [0.4, 0.5) is 0 Å². The molecule has 1 saturated heterocycles. The van der Waals surface area contributed by atoms with Crippen molar-refractivity contribution in [2.45, 2.75) is 153 Å². The molecule has 0 aromatic carbocycles. The van der Waals surface area contributed by atoms with Crippen LogP contribution in [0.15, 0.2) is 134 Å². The number of carbonyl (C=O) groups excluding carboxylic acids is 1. The van der Waals surface area contributed by atoms with Gasteiger partial charge in [0.2, 0.25) is 0 Å². The minimum Gasteiger partial charge on any atom is -0.457 e. The van der Waals surface area contributed by atoms with Crippen molar-refractivity contribution in [3.63, 3.8) is 0 Å². The molecule has 4 N–H and O–H groups in total. The number of aliphatic hydroxyl groups is 3. The molecule has 0 saturated carbocycles. The van der Waals surface area contributed by atoms with E-state index in [0.29, 0.717) is 13.0 Å². The molecule has 6 atom stereocenters. The van der Waals surface area contributed by atoms with Gasteiger partial charge in [0.1, 0.15) is 30.5 Å². The molecule has 12 nitrogen and oxygen atoms in total. The van der Waals surface area contributed by atoms with Crippen LogP contribution in [0, 0.1) is 0 Å². The fourth-order valence-electron chi connectivity index (χ4n) is 5.90. The third kappa shape index (κ3) is 33.7. The molecular weight excluding hydrogens is 837 g/mol. The van der Waals surface area contributed by atoms with Gasteiger partial charge in [-0.25, -0.2) is 4.18 Å². The fourth-order valence-corrected chi connectivity index (χ4v) is 6.41. The summed E-state index contributed by atoms with van der Waals surface area (Å²) in [4.78, 5) is 12.8. The zero-order valence-electron chi connectivity index (χ0n) is 38.3. The highest BCUT2D eigenvalue weighted by Gasteiger charge is 2.48. The summed E-state index contributed by atoms with van der Waals surface area (Å²) in [6.07, 6.45) is 50.7. The van der Waals surface area contributed by atoms with Gasteiger partial charge in [0.15, 0.2) is 6.29 Å². The number of unbranched alkanes of at least 4 members (excludes halogenated alkanes) is 2. The van der Waals surface area contributed by atoms with Crippen LogP contribution in [0.3, 0.4) is 0 Å². The highest BCUT2D eigenvalue weighted by Crippen LogP contribution is 2.26. The number of hydrogen-bond acceptors (Lipinski definition) is 11. The molecule has 0 spiro atoms. The van der Waals surface area contributed by atoms with Crippen molar-refractivity contribution in [1.82, 2.24) is 0 Å². The van der Waals surface area contributed by atoms with Gasteiger partial charge >= 0.3 is 16.4 Å². The fraction of sp³-hybridized carbons (Fsp3) is 0.549. The monoisotopic (exact) mass is 915 g/mol. The summed E-state index contributed by atoms with van der Waals surface area (Å²) in [5, 5.41) is 30.7. The van der Waals surface area contributed by atoms with E-state index in [1.54, 1.807) is 0 Å². The number of esters is 1. The van der Waals surface area contributed by atoms with Crippen molar-refractivity contribution in [2.24, 2.45) is 0 Å². The first-order chi connectivity index (χ1) is 31.1. The smallest absolute Gasteiger partial charge is 0.397 e. The summed E-state index contributed by atoms with van der Waals surface area (Å²) in [7, 11) is -5.09. The van der Waals surface area contributed by atoms with Crippen LogP contribution in [0.2, 0.25) is 0 Å². The maximum Gasteiger partial charge on any atom is 0.397 e. The van der Waals surface area contributed by atoms with Crippen molar-refractivity contribution in [1.29, 1.82) is 0 Å². The third-order valence-electron chi connectivity index (χ3n) is 9.28. The van der Waals surface area contributed by atoms with Crippen molar-refractivity contribution < 1.29 is 56.2 Å². The van der Waals surface area contributed by atoms with E-state index in [9.17, 15) is 28.5 Å². The second-order valence-corrected chi connectivity index (χ2v) is 15.9. The summed E-state index contributed by atoms with van der Waals surface area (Å²) in [6, 6.07) is 0. The van der Waals surface area contributed by atoms with Gasteiger partial charge in [-0.1, -0.05) is 148 Å². The Morgan fingerprint density at radius 2 is 1.02 bits per heavy atom. The quantitative estimate of drug-likeness (QED) is 0.0201. The highest BCUT2D eigenvalue weighted by atomic mass is 32.3. The lowest BCUT2D eigenvalue weighted by Crippen LogP contribution is -2.60. The van der Waals surface area contributed by atoms with Gasteiger partial charge in [-0.2, -0.15) is 8.42 Å². The zero-order valence-corrected chi connectivity index (χ0v) is 39.1. The molecular formula is C51H78O12S. The Morgan fingerprint density at radius 1 is 0.594 bits per heavy atom. The molecule has 0 radical (unpaired) electrons. The number of hydrogen-bond donors (Lipinski definition) is 4. The topological polar surface area (TPSA) is 178 Å². The van der Waals surface area contributed by atoms with Crippen molar-refractivity contribution >= 4 is 16.4 Å². The molecule has 0 bridgehead atoms. The molecule has 6 unspecified atom stereocenters. The minimum absolute atomic E-state index is 0.0346. The second kappa shape index (κ2) is 40.7. The van der Waals surface area contributed by atoms with E-state index < -0.39 is 59.8 Å². The Morgan fingerprint density at radius 3 is 1.44 bits per heavy atom. The van der Waals surface area contributed by atoms with E-state index in [0.717, 1.165) is 89.9 Å². The third-order valence-corrected chi connectivity index (χ3v) is 9.75. The van der Waals surface area contributed by atoms with Gasteiger partial charge in [0, 0.05) is 13.0 Å². The van der Waals surface area contributed by atoms with Crippen LogP contribution >= 0.6 is 0 Å². The Bertz CT molecular complexity index is 1620. The standard InChI is InChI=1S/C51H78O12S/c1-3-5-7-9-11-13-15-17-19-21-23-24-26-28-30-32-34-36-38-40-47(53)61-45(44-60-51-49(55)50(63-64(56,57)58)48(54)46(42-52)62-51)43-59-41-39-37-35-33-31-29-27-25-22-20-18-16-14-12-10-8-6-4-2/h5-8,11-14,17-20,23-25,27-28,30-31,33-34,36,45-46,48-52,54-55H,3-4,9-10,15-16,21-22,26,29,32,35,37-44H2,1-2H3,(H,56,57,58)/b7-5-,8-6-,13-11-,14-12-,19-17-,20-18-,24-23-,27-25-,30-28-,33-31-,36-34-. The average Bonchev–Trinajstić information content (AvgIpc) is 3.27. The summed E-state index contributed by atoms with van der Waals surface area (Å²) >= 11 is 0. The lowest BCUT2D eigenvalue weighted by molar-refractivity contribution is -0.301. The molecule has 64 heavy (non-hydrogen) atoms. The van der Waals surface area contributed by atoms with E-state index in [1.807, 2.05) is 12.2 Å². The zero-order chi connectivity index (χ0) is 46.8. The molecule has 1 heterocycles. The molecule has 1 aliphatic heterocycles. The molecule has 360 valence electrons. The van der Waals surface area contributed by atoms with Crippen LogP contribution in [-0.2, 0) is 38.3 Å². The van der Waals surface area contributed by atoms with Gasteiger partial charge in [0.05, 0.1) is 19.8 Å². The minimum atomic E-state index is -5.09. The molecule has 0 amide bonds. The Kier molecular flexibility index (Phi) is 37.1. The normalized spacial score (nSPS) is 21.0. The summed E-state index contributed by atoms with van der Waals surface area (Å²) in [5.41, 5.74) is 0. The Labute approximate surface area is 384 Å². The van der Waals surface area contributed by atoms with Gasteiger partial charge in [-0.3, -0.25) is 9.35 Å². The van der Waals surface area contributed by atoms with Crippen LogP contribution in [-0.4, -0.2) is 97.5 Å². The van der Waals surface area contributed by atoms with E-state index in [1.165, 1.54) is 0 Å². The van der Waals surface area contributed by atoms with Crippen LogP contribution in [0.25, 0.3) is 0 Å². The Balaban J connectivity index is 2.54. The van der Waals surface area contributed by atoms with Gasteiger partial charge < -0.3 is 34.3 Å². The van der Waals surface area contributed by atoms with Crippen LogP contribution in [0.1, 0.15) is 117 Å². The Hall–Kier alpha value is -3.76. The molecule has 1 aliphatic rings. The average molecular weight is 915 g/mol. The first-order valence-electron chi connectivity index (χ1n) is 22.9. The number of aliphatic hydroxyl groups excluding tert-OH is 3. The molecule has 13 heteroatoms. The number of allylic oxidation sites excluding steroid dienone is 22. The van der Waals surface area contributed by atoms with Crippen molar-refractivity contribution in [3.8, 4) is 0 Å². The highest BCUT2D eigenvalue weighted by molar-refractivity contribution is 7.80. The predicted molar refractivity (Wildman–Crippen MR) is 257 cm³/mol. The molecule has 0 aromatic heterocycles. The SMILES string of the molecule is CC/C=C\C/C=C\C/C=C\C/C=C\C/C=C\C/C=C\CCC(=O)OC(COCCCC/C=C\C/C=C\C/C=C\C/C=C\C/C=C\CC)COC1OC(CO)C(O)C(OS(=O)(=O)O)C1O. The lowest BCUT2D eigenvalue weighted by Gasteiger charge is -2.41. The first-order valence-corrected chi connectivity index (χ1v) is 24.3. The summed E-state index contributed by atoms with van der Waals surface area (Å²) in [5.74, 6) is -0.503. The van der Waals surface area contributed by atoms with E-state index in [-0.39, 0.29) is 19.6 Å². The van der Waals surface area contributed by atoms with Gasteiger partial charge in [-0.05, 0) is 96.3 Å². The molecule has 0 aliphatic carbocycles. The van der Waals surface area contributed by atoms with Crippen LogP contribution < -0.4 is 0 Å². The second-order valence-electron chi connectivity index (χ2n) is 14.9.